The summed E-state index contributed by atoms with van der Waals surface area (Å²) in [6.45, 7) is 2.18. The van der Waals surface area contributed by atoms with Gasteiger partial charge in [0.15, 0.2) is 9.84 Å². The molecule has 2 heterocycles. The molecule has 2 fully saturated rings. The first-order chi connectivity index (χ1) is 11.3. The molecule has 0 bridgehead atoms. The molecule has 132 valence electrons. The van der Waals surface area contributed by atoms with Crippen LogP contribution >= 0.6 is 0 Å². The van der Waals surface area contributed by atoms with Gasteiger partial charge in [0.2, 0.25) is 11.8 Å². The highest BCUT2D eigenvalue weighted by molar-refractivity contribution is 7.91. The number of sulfone groups is 1. The van der Waals surface area contributed by atoms with E-state index in [4.69, 9.17) is 4.42 Å². The number of nitrogens with one attached hydrogen (secondary N) is 2. The van der Waals surface area contributed by atoms with E-state index in [1.165, 1.54) is 0 Å². The first-order valence-electron chi connectivity index (χ1n) is 8.22. The highest BCUT2D eigenvalue weighted by atomic mass is 32.2. The second-order valence-electron chi connectivity index (χ2n) is 6.76. The van der Waals surface area contributed by atoms with E-state index in [2.05, 4.69) is 17.8 Å². The summed E-state index contributed by atoms with van der Waals surface area (Å²) in [5, 5.41) is 0. The van der Waals surface area contributed by atoms with Crippen LogP contribution < -0.4 is 10.9 Å². The molecule has 1 saturated heterocycles. The first kappa shape index (κ1) is 17.0. The van der Waals surface area contributed by atoms with Gasteiger partial charge in [-0.1, -0.05) is 6.92 Å². The van der Waals surface area contributed by atoms with Gasteiger partial charge in [-0.2, -0.15) is 0 Å². The average Bonchev–Trinajstić information content (AvgIpc) is 2.95. The summed E-state index contributed by atoms with van der Waals surface area (Å²) in [6, 6.07) is 3.85. The highest BCUT2D eigenvalue weighted by Crippen LogP contribution is 2.47. The van der Waals surface area contributed by atoms with Crippen LogP contribution in [0.15, 0.2) is 16.5 Å². The van der Waals surface area contributed by atoms with Crippen LogP contribution in [-0.2, 0) is 25.8 Å². The molecule has 1 aliphatic heterocycles. The quantitative estimate of drug-likeness (QED) is 0.765. The van der Waals surface area contributed by atoms with Gasteiger partial charge in [0, 0.05) is 18.8 Å². The van der Waals surface area contributed by atoms with Crippen LogP contribution in [0.25, 0.3) is 0 Å². The van der Waals surface area contributed by atoms with Gasteiger partial charge < -0.3 is 4.42 Å². The number of aryl methyl sites for hydroxylation is 1. The number of carbonyl (C=O) groups is 2. The molecule has 0 spiro atoms. The fourth-order valence-electron chi connectivity index (χ4n) is 2.98. The second-order valence-corrected chi connectivity index (χ2v) is 8.99. The molecular formula is C16H22N2O5S. The molecule has 0 aromatic carbocycles. The van der Waals surface area contributed by atoms with Gasteiger partial charge in [-0.3, -0.25) is 20.4 Å². The van der Waals surface area contributed by atoms with Gasteiger partial charge in [-0.25, -0.2) is 8.42 Å². The SMILES string of the molecule is C[C@@H]1C[C@@H]1c1ccc(CCC(=O)NNC(=O)[C@@H]2CCS(=O)(=O)C2)o1. The Balaban J connectivity index is 1.38. The van der Waals surface area contributed by atoms with Crippen molar-refractivity contribution in [1.82, 2.24) is 10.9 Å². The number of hydrazine groups is 1. The third-order valence-electron chi connectivity index (χ3n) is 4.68. The van der Waals surface area contributed by atoms with Crippen LogP contribution in [0.2, 0.25) is 0 Å². The number of hydrogen-bond acceptors (Lipinski definition) is 5. The van der Waals surface area contributed by atoms with Gasteiger partial charge in [0.05, 0.1) is 17.4 Å². The third-order valence-corrected chi connectivity index (χ3v) is 6.45. The van der Waals surface area contributed by atoms with Crippen molar-refractivity contribution in [3.8, 4) is 0 Å². The highest BCUT2D eigenvalue weighted by Gasteiger charge is 2.36. The molecule has 8 heteroatoms. The smallest absolute Gasteiger partial charge is 0.242 e. The van der Waals surface area contributed by atoms with Gasteiger partial charge in [-0.05, 0) is 30.9 Å². The Bertz CT molecular complexity index is 739. The van der Waals surface area contributed by atoms with Crippen LogP contribution in [0.3, 0.4) is 0 Å². The minimum atomic E-state index is -3.11. The normalized spacial score (nSPS) is 27.6. The molecule has 2 aliphatic rings. The standard InChI is InChI=1S/C16H22N2O5S/c1-10-8-13(10)14-4-2-12(23-14)3-5-15(19)17-18-16(20)11-6-7-24(21,22)9-11/h2,4,10-11,13H,3,5-9H2,1H3,(H,17,19)(H,18,20)/t10-,11-,13+/m1/s1. The maximum Gasteiger partial charge on any atom is 0.242 e. The van der Waals surface area contributed by atoms with Crippen LogP contribution in [0.5, 0.6) is 0 Å². The molecule has 3 atom stereocenters. The average molecular weight is 354 g/mol. The van der Waals surface area contributed by atoms with E-state index in [0.717, 1.165) is 17.9 Å². The zero-order chi connectivity index (χ0) is 17.3. The van der Waals surface area contributed by atoms with Crippen molar-refractivity contribution < 1.29 is 22.4 Å². The monoisotopic (exact) mass is 354 g/mol. The Morgan fingerprint density at radius 3 is 2.67 bits per heavy atom. The number of rotatable bonds is 5. The van der Waals surface area contributed by atoms with Gasteiger partial charge in [-0.15, -0.1) is 0 Å². The van der Waals surface area contributed by atoms with E-state index in [1.54, 1.807) is 0 Å². The summed E-state index contributed by atoms with van der Waals surface area (Å²) in [6.07, 6.45) is 2.10. The fraction of sp³-hybridized carbons (Fsp3) is 0.625. The molecule has 1 saturated carbocycles. The van der Waals surface area contributed by atoms with Crippen molar-refractivity contribution >= 4 is 21.7 Å². The van der Waals surface area contributed by atoms with Crippen molar-refractivity contribution in [3.63, 3.8) is 0 Å². The minimum Gasteiger partial charge on any atom is -0.466 e. The Hall–Kier alpha value is -1.83. The second kappa shape index (κ2) is 6.58. The molecule has 2 N–H and O–H groups in total. The number of carbonyl (C=O) groups excluding carboxylic acids is 2. The first-order valence-corrected chi connectivity index (χ1v) is 10.0. The predicted molar refractivity (Wildman–Crippen MR) is 86.6 cm³/mol. The number of hydrogen-bond donors (Lipinski definition) is 2. The van der Waals surface area contributed by atoms with Crippen LogP contribution in [-0.4, -0.2) is 31.7 Å². The molecule has 2 amide bonds. The summed E-state index contributed by atoms with van der Waals surface area (Å²) in [4.78, 5) is 23.6. The predicted octanol–water partition coefficient (Wildman–Crippen LogP) is 0.918. The zero-order valence-corrected chi connectivity index (χ0v) is 14.4. The fourth-order valence-corrected chi connectivity index (χ4v) is 4.72. The third kappa shape index (κ3) is 4.17. The van der Waals surface area contributed by atoms with E-state index >= 15 is 0 Å². The number of amides is 2. The van der Waals surface area contributed by atoms with Gasteiger partial charge in [0.1, 0.15) is 11.5 Å². The van der Waals surface area contributed by atoms with E-state index in [-0.39, 0.29) is 23.8 Å². The Morgan fingerprint density at radius 1 is 1.29 bits per heavy atom. The molecule has 3 rings (SSSR count). The summed E-state index contributed by atoms with van der Waals surface area (Å²) < 4.78 is 28.4. The lowest BCUT2D eigenvalue weighted by Gasteiger charge is -2.10. The van der Waals surface area contributed by atoms with Crippen molar-refractivity contribution in [3.05, 3.63) is 23.7 Å². The minimum absolute atomic E-state index is 0.0273. The maximum absolute atomic E-state index is 11.8. The Labute approximate surface area is 141 Å². The van der Waals surface area contributed by atoms with Crippen molar-refractivity contribution in [1.29, 1.82) is 0 Å². The van der Waals surface area contributed by atoms with Crippen molar-refractivity contribution in [2.45, 2.75) is 38.5 Å². The summed E-state index contributed by atoms with van der Waals surface area (Å²) in [5.41, 5.74) is 4.64. The molecular weight excluding hydrogens is 332 g/mol. The lowest BCUT2D eigenvalue weighted by molar-refractivity contribution is -0.130. The Kier molecular flexibility index (Phi) is 4.67. The summed E-state index contributed by atoms with van der Waals surface area (Å²) in [7, 11) is -3.11. The molecule has 24 heavy (non-hydrogen) atoms. The molecule has 1 aliphatic carbocycles. The number of furan rings is 1. The van der Waals surface area contributed by atoms with Crippen LogP contribution in [0.1, 0.15) is 43.6 Å². The van der Waals surface area contributed by atoms with E-state index in [9.17, 15) is 18.0 Å². The topological polar surface area (TPSA) is 105 Å². The zero-order valence-electron chi connectivity index (χ0n) is 13.6. The largest absolute Gasteiger partial charge is 0.466 e. The lowest BCUT2D eigenvalue weighted by Crippen LogP contribution is -2.44. The maximum atomic E-state index is 11.8. The van der Waals surface area contributed by atoms with Crippen molar-refractivity contribution in [2.75, 3.05) is 11.5 Å². The van der Waals surface area contributed by atoms with Gasteiger partial charge in [0.25, 0.3) is 0 Å². The molecule has 0 radical (unpaired) electrons. The Morgan fingerprint density at radius 2 is 2.04 bits per heavy atom. The molecule has 1 aromatic heterocycles. The molecule has 0 unspecified atom stereocenters. The van der Waals surface area contributed by atoms with E-state index < -0.39 is 21.7 Å². The summed E-state index contributed by atoms with van der Waals surface area (Å²) >= 11 is 0. The lowest BCUT2D eigenvalue weighted by atomic mass is 10.1. The van der Waals surface area contributed by atoms with Crippen molar-refractivity contribution in [2.24, 2.45) is 11.8 Å². The molecule has 1 aromatic rings. The van der Waals surface area contributed by atoms with E-state index in [1.807, 2.05) is 12.1 Å². The van der Waals surface area contributed by atoms with Crippen LogP contribution in [0, 0.1) is 11.8 Å². The molecule has 7 nitrogen and oxygen atoms in total. The van der Waals surface area contributed by atoms with E-state index in [0.29, 0.717) is 24.7 Å². The van der Waals surface area contributed by atoms with Gasteiger partial charge >= 0.3 is 0 Å². The van der Waals surface area contributed by atoms with Crippen LogP contribution in [0.4, 0.5) is 0 Å². The summed E-state index contributed by atoms with van der Waals surface area (Å²) in [5.74, 6) is 1.43.